The number of esters is 1. The van der Waals surface area contributed by atoms with Crippen molar-refractivity contribution in [1.29, 1.82) is 0 Å². The number of hydrogen-bond acceptors (Lipinski definition) is 8. The molecule has 11 heteroatoms. The number of benzene rings is 1. The van der Waals surface area contributed by atoms with E-state index in [1.807, 2.05) is 18.2 Å². The van der Waals surface area contributed by atoms with E-state index >= 15 is 0 Å². The predicted octanol–water partition coefficient (Wildman–Crippen LogP) is 0.841. The summed E-state index contributed by atoms with van der Waals surface area (Å²) in [6.07, 6.45) is 1.32. The van der Waals surface area contributed by atoms with Crippen LogP contribution in [0.3, 0.4) is 0 Å². The lowest BCUT2D eigenvalue weighted by atomic mass is 10.1. The maximum Gasteiger partial charge on any atom is 0.332 e. The molecule has 0 saturated heterocycles. The molecule has 0 aliphatic carbocycles. The zero-order chi connectivity index (χ0) is 22.1. The Hall–Kier alpha value is -4.15. The van der Waals surface area contributed by atoms with Gasteiger partial charge in [-0.15, -0.1) is 0 Å². The summed E-state index contributed by atoms with van der Waals surface area (Å²) in [5.41, 5.74) is 0.505. The van der Waals surface area contributed by atoms with Gasteiger partial charge < -0.3 is 18.6 Å². The molecule has 160 valence electrons. The lowest BCUT2D eigenvalue weighted by molar-refractivity contribution is -0.145. The number of hydrogen-bond donors (Lipinski definition) is 0. The molecule has 1 aromatic carbocycles. The molecule has 0 fully saturated rings. The molecule has 0 amide bonds. The molecule has 3 heterocycles. The highest BCUT2D eigenvalue weighted by atomic mass is 16.5. The number of imidazole rings is 1. The molecule has 11 nitrogen and oxygen atoms in total. The third-order valence-corrected chi connectivity index (χ3v) is 4.81. The van der Waals surface area contributed by atoms with Crippen LogP contribution in [0.15, 0.2) is 50.8 Å². The summed E-state index contributed by atoms with van der Waals surface area (Å²) in [4.78, 5) is 40.8. The van der Waals surface area contributed by atoms with Crippen molar-refractivity contribution in [3.8, 4) is 17.1 Å². The normalized spacial score (nSPS) is 11.1. The second-order valence-corrected chi connectivity index (χ2v) is 6.83. The Morgan fingerprint density at radius 2 is 1.97 bits per heavy atom. The molecule has 31 heavy (non-hydrogen) atoms. The molecular formula is C20H19N5O6. The van der Waals surface area contributed by atoms with Gasteiger partial charge in [0.05, 0.1) is 13.4 Å². The van der Waals surface area contributed by atoms with Crippen LogP contribution >= 0.6 is 0 Å². The first kappa shape index (κ1) is 20.1. The second kappa shape index (κ2) is 7.94. The fourth-order valence-corrected chi connectivity index (χ4v) is 3.15. The zero-order valence-electron chi connectivity index (χ0n) is 17.1. The Balaban J connectivity index is 1.47. The van der Waals surface area contributed by atoms with E-state index < -0.39 is 17.2 Å². The van der Waals surface area contributed by atoms with Gasteiger partial charge in [-0.2, -0.15) is 0 Å². The van der Waals surface area contributed by atoms with Crippen LogP contribution in [0.5, 0.6) is 5.75 Å². The average molecular weight is 425 g/mol. The van der Waals surface area contributed by atoms with E-state index in [0.717, 1.165) is 10.1 Å². The number of aromatic nitrogens is 5. The van der Waals surface area contributed by atoms with Gasteiger partial charge in [0.1, 0.15) is 24.6 Å². The molecule has 0 aliphatic heterocycles. The number of methoxy groups -OCH3 is 1. The van der Waals surface area contributed by atoms with Crippen molar-refractivity contribution in [2.75, 3.05) is 7.11 Å². The summed E-state index contributed by atoms with van der Waals surface area (Å²) in [7, 11) is 4.44. The average Bonchev–Trinajstić information content (AvgIpc) is 3.42. The van der Waals surface area contributed by atoms with Gasteiger partial charge in [-0.25, -0.2) is 9.78 Å². The summed E-state index contributed by atoms with van der Waals surface area (Å²) >= 11 is 0. The zero-order valence-corrected chi connectivity index (χ0v) is 17.1. The Morgan fingerprint density at radius 3 is 2.74 bits per heavy atom. The largest absolute Gasteiger partial charge is 0.497 e. The van der Waals surface area contributed by atoms with Crippen molar-refractivity contribution in [3.63, 3.8) is 0 Å². The Morgan fingerprint density at radius 1 is 1.16 bits per heavy atom. The van der Waals surface area contributed by atoms with Crippen LogP contribution in [0.25, 0.3) is 22.5 Å². The molecular weight excluding hydrogens is 406 g/mol. The highest BCUT2D eigenvalue weighted by molar-refractivity contribution is 5.75. The minimum atomic E-state index is -0.596. The summed E-state index contributed by atoms with van der Waals surface area (Å²) < 4.78 is 19.3. The van der Waals surface area contributed by atoms with Gasteiger partial charge in [0, 0.05) is 25.7 Å². The summed E-state index contributed by atoms with van der Waals surface area (Å²) in [5, 5.41) is 3.91. The predicted molar refractivity (Wildman–Crippen MR) is 109 cm³/mol. The molecule has 0 spiro atoms. The third kappa shape index (κ3) is 3.72. The molecule has 0 aliphatic rings. The van der Waals surface area contributed by atoms with Crippen LogP contribution in [0.2, 0.25) is 0 Å². The highest BCUT2D eigenvalue weighted by Gasteiger charge is 2.17. The van der Waals surface area contributed by atoms with E-state index in [1.165, 1.54) is 29.6 Å². The molecule has 0 atom stereocenters. The Labute approximate surface area is 175 Å². The molecule has 0 saturated carbocycles. The van der Waals surface area contributed by atoms with Crippen LogP contribution in [0, 0.1) is 0 Å². The van der Waals surface area contributed by atoms with Gasteiger partial charge in [-0.3, -0.25) is 18.7 Å². The molecule has 0 unspecified atom stereocenters. The van der Waals surface area contributed by atoms with Crippen molar-refractivity contribution in [1.82, 2.24) is 23.8 Å². The quantitative estimate of drug-likeness (QED) is 0.417. The number of ether oxygens (including phenoxy) is 2. The standard InChI is InChI=1S/C20H19N5O6/c1-23-18-17(19(27)24(2)20(23)28)25(11-21-18)9-16(26)30-10-13-8-15(31-22-13)12-5-4-6-14(7-12)29-3/h4-8,11H,9-10H2,1-3H3. The molecule has 3 aromatic heterocycles. The van der Waals surface area contributed by atoms with E-state index in [9.17, 15) is 14.4 Å². The number of aryl methyl sites for hydroxylation is 1. The van der Waals surface area contributed by atoms with Crippen molar-refractivity contribution in [2.24, 2.45) is 14.1 Å². The van der Waals surface area contributed by atoms with E-state index in [2.05, 4.69) is 10.1 Å². The van der Waals surface area contributed by atoms with Crippen molar-refractivity contribution in [2.45, 2.75) is 13.2 Å². The number of nitrogens with zero attached hydrogens (tertiary/aromatic N) is 5. The molecule has 0 bridgehead atoms. The van der Waals surface area contributed by atoms with Gasteiger partial charge in [-0.05, 0) is 12.1 Å². The first-order valence-corrected chi connectivity index (χ1v) is 9.25. The fourth-order valence-electron chi connectivity index (χ4n) is 3.15. The van der Waals surface area contributed by atoms with Crippen molar-refractivity contribution >= 4 is 17.1 Å². The van der Waals surface area contributed by atoms with Crippen LogP contribution in [-0.4, -0.2) is 36.9 Å². The van der Waals surface area contributed by atoms with Gasteiger partial charge in [0.2, 0.25) is 0 Å². The van der Waals surface area contributed by atoms with Crippen LogP contribution < -0.4 is 16.0 Å². The molecule has 0 N–H and O–H groups in total. The molecule has 0 radical (unpaired) electrons. The smallest absolute Gasteiger partial charge is 0.332 e. The number of rotatable bonds is 6. The van der Waals surface area contributed by atoms with Crippen molar-refractivity contribution in [3.05, 3.63) is 63.2 Å². The maximum absolute atomic E-state index is 12.4. The van der Waals surface area contributed by atoms with Crippen LogP contribution in [-0.2, 0) is 36.8 Å². The topological polar surface area (TPSA) is 123 Å². The van der Waals surface area contributed by atoms with E-state index in [0.29, 0.717) is 17.2 Å². The Bertz CT molecular complexity index is 1390. The SMILES string of the molecule is COc1cccc(-c2cc(COC(=O)Cn3cnc4c3c(=O)n(C)c(=O)n4C)no2)c1. The van der Waals surface area contributed by atoms with Gasteiger partial charge in [0.25, 0.3) is 5.56 Å². The van der Waals surface area contributed by atoms with E-state index in [4.69, 9.17) is 14.0 Å². The molecule has 4 aromatic rings. The monoisotopic (exact) mass is 425 g/mol. The fraction of sp³-hybridized carbons (Fsp3) is 0.250. The number of fused-ring (bicyclic) bond motifs is 1. The van der Waals surface area contributed by atoms with E-state index in [1.54, 1.807) is 19.2 Å². The number of carbonyl (C=O) groups excluding carboxylic acids is 1. The Kier molecular flexibility index (Phi) is 5.15. The lowest BCUT2D eigenvalue weighted by Gasteiger charge is -2.06. The first-order chi connectivity index (χ1) is 14.9. The van der Waals surface area contributed by atoms with E-state index in [-0.39, 0.29) is 24.3 Å². The van der Waals surface area contributed by atoms with Crippen LogP contribution in [0.1, 0.15) is 5.69 Å². The minimum absolute atomic E-state index is 0.102. The van der Waals surface area contributed by atoms with Crippen molar-refractivity contribution < 1.29 is 18.8 Å². The summed E-state index contributed by atoms with van der Waals surface area (Å²) in [6, 6.07) is 8.95. The second-order valence-electron chi connectivity index (χ2n) is 6.83. The van der Waals surface area contributed by atoms with Gasteiger partial charge >= 0.3 is 11.7 Å². The summed E-state index contributed by atoms with van der Waals surface area (Å²) in [6.45, 7) is -0.347. The first-order valence-electron chi connectivity index (χ1n) is 9.25. The minimum Gasteiger partial charge on any atom is -0.497 e. The van der Waals surface area contributed by atoms with Gasteiger partial charge in [-0.1, -0.05) is 17.3 Å². The summed E-state index contributed by atoms with van der Waals surface area (Å²) in [5.74, 6) is 0.592. The third-order valence-electron chi connectivity index (χ3n) is 4.81. The highest BCUT2D eigenvalue weighted by Crippen LogP contribution is 2.24. The molecule has 4 rings (SSSR count). The maximum atomic E-state index is 12.4. The van der Waals surface area contributed by atoms with Gasteiger partial charge in [0.15, 0.2) is 16.9 Å². The number of carbonyl (C=O) groups is 1. The lowest BCUT2D eigenvalue weighted by Crippen LogP contribution is -2.37. The van der Waals surface area contributed by atoms with Crippen LogP contribution in [0.4, 0.5) is 0 Å².